The SMILES string of the molecule is CC(=O)SCCN(CCc1ccccc1)C(=O)N[C@@H](Cc1ccccc1)C(=O)N1CCN(CC(=O)O)CC1. The number of benzene rings is 2. The quantitative estimate of drug-likeness (QED) is 0.425. The summed E-state index contributed by atoms with van der Waals surface area (Å²) in [7, 11) is 0. The Bertz CT molecular complexity index is 1060. The predicted octanol–water partition coefficient (Wildman–Crippen LogP) is 2.36. The molecule has 1 saturated heterocycles. The van der Waals surface area contributed by atoms with Crippen molar-refractivity contribution in [3.05, 3.63) is 71.8 Å². The van der Waals surface area contributed by atoms with Gasteiger partial charge in [0.05, 0.1) is 6.54 Å². The van der Waals surface area contributed by atoms with E-state index in [1.165, 1.54) is 18.7 Å². The molecule has 1 aliphatic heterocycles. The molecule has 0 saturated carbocycles. The van der Waals surface area contributed by atoms with Gasteiger partial charge in [-0.2, -0.15) is 0 Å². The highest BCUT2D eigenvalue weighted by atomic mass is 32.2. The third-order valence-corrected chi connectivity index (χ3v) is 7.18. The van der Waals surface area contributed by atoms with Gasteiger partial charge in [0.2, 0.25) is 5.91 Å². The first-order valence-electron chi connectivity index (χ1n) is 12.8. The molecule has 204 valence electrons. The molecule has 0 aromatic heterocycles. The number of amides is 3. The monoisotopic (exact) mass is 540 g/mol. The first-order valence-corrected chi connectivity index (χ1v) is 13.8. The first kappa shape index (κ1) is 29.2. The number of thioether (sulfide) groups is 1. The van der Waals surface area contributed by atoms with Gasteiger partial charge in [-0.3, -0.25) is 19.3 Å². The van der Waals surface area contributed by atoms with Crippen LogP contribution < -0.4 is 5.32 Å². The summed E-state index contributed by atoms with van der Waals surface area (Å²) in [5.74, 6) is -0.601. The molecule has 9 nitrogen and oxygen atoms in total. The molecule has 1 heterocycles. The Morgan fingerprint density at radius 1 is 0.921 bits per heavy atom. The summed E-state index contributed by atoms with van der Waals surface area (Å²) in [5.41, 5.74) is 2.03. The Labute approximate surface area is 228 Å². The van der Waals surface area contributed by atoms with Crippen LogP contribution in [-0.4, -0.2) is 100 Å². The predicted molar refractivity (Wildman–Crippen MR) is 148 cm³/mol. The van der Waals surface area contributed by atoms with Crippen LogP contribution in [0.5, 0.6) is 0 Å². The fourth-order valence-corrected chi connectivity index (χ4v) is 4.95. The number of nitrogens with zero attached hydrogens (tertiary/aromatic N) is 3. The summed E-state index contributed by atoms with van der Waals surface area (Å²) in [6.45, 7) is 4.02. The first-order chi connectivity index (χ1) is 18.3. The van der Waals surface area contributed by atoms with E-state index in [1.54, 1.807) is 14.7 Å². The van der Waals surface area contributed by atoms with Crippen LogP contribution in [0.1, 0.15) is 18.1 Å². The maximum absolute atomic E-state index is 13.6. The van der Waals surface area contributed by atoms with Crippen molar-refractivity contribution in [3.8, 4) is 0 Å². The van der Waals surface area contributed by atoms with E-state index in [4.69, 9.17) is 5.11 Å². The Hall–Kier alpha value is -3.37. The van der Waals surface area contributed by atoms with Crippen LogP contribution in [0.25, 0.3) is 0 Å². The van der Waals surface area contributed by atoms with Gasteiger partial charge in [0, 0.05) is 58.4 Å². The van der Waals surface area contributed by atoms with Gasteiger partial charge in [-0.05, 0) is 17.5 Å². The van der Waals surface area contributed by atoms with E-state index in [-0.39, 0.29) is 23.6 Å². The van der Waals surface area contributed by atoms with Crippen molar-refractivity contribution >= 4 is 34.8 Å². The van der Waals surface area contributed by atoms with Gasteiger partial charge >= 0.3 is 12.0 Å². The van der Waals surface area contributed by atoms with E-state index in [0.29, 0.717) is 57.9 Å². The molecule has 1 fully saturated rings. The minimum atomic E-state index is -0.891. The van der Waals surface area contributed by atoms with Gasteiger partial charge < -0.3 is 20.2 Å². The van der Waals surface area contributed by atoms with Crippen molar-refractivity contribution in [1.82, 2.24) is 20.0 Å². The molecule has 2 N–H and O–H groups in total. The van der Waals surface area contributed by atoms with Crippen LogP contribution in [0.2, 0.25) is 0 Å². The van der Waals surface area contributed by atoms with Gasteiger partial charge in [-0.25, -0.2) is 4.79 Å². The van der Waals surface area contributed by atoms with E-state index in [2.05, 4.69) is 5.32 Å². The van der Waals surface area contributed by atoms with E-state index >= 15 is 0 Å². The Morgan fingerprint density at radius 2 is 1.53 bits per heavy atom. The lowest BCUT2D eigenvalue weighted by atomic mass is 10.0. The van der Waals surface area contributed by atoms with Crippen LogP contribution in [0, 0.1) is 0 Å². The largest absolute Gasteiger partial charge is 0.480 e. The molecule has 0 unspecified atom stereocenters. The number of carboxylic acid groups (broad SMARTS) is 1. The number of hydrogen-bond acceptors (Lipinski definition) is 6. The molecule has 2 aromatic rings. The van der Waals surface area contributed by atoms with Crippen molar-refractivity contribution in [2.75, 3.05) is 51.6 Å². The fourth-order valence-electron chi connectivity index (χ4n) is 4.35. The molecular weight excluding hydrogens is 504 g/mol. The zero-order chi connectivity index (χ0) is 27.3. The number of nitrogens with one attached hydrogen (secondary N) is 1. The van der Waals surface area contributed by atoms with Crippen LogP contribution in [-0.2, 0) is 27.2 Å². The lowest BCUT2D eigenvalue weighted by Crippen LogP contribution is -2.57. The van der Waals surface area contributed by atoms with E-state index in [0.717, 1.165) is 11.1 Å². The zero-order valence-electron chi connectivity index (χ0n) is 21.8. The summed E-state index contributed by atoms with van der Waals surface area (Å²) in [5, 5.41) is 12.0. The average molecular weight is 541 g/mol. The lowest BCUT2D eigenvalue weighted by molar-refractivity contribution is -0.139. The van der Waals surface area contributed by atoms with Crippen LogP contribution >= 0.6 is 11.8 Å². The standard InChI is InChI=1S/C28H36N4O5S/c1-22(33)38-19-18-32(13-12-23-8-4-2-5-9-23)28(37)29-25(20-24-10-6-3-7-11-24)27(36)31-16-14-30(15-17-31)21-26(34)35/h2-11,25H,12-21H2,1H3,(H,29,37)(H,34,35)/t25-/m0/s1. The number of carbonyl (C=O) groups excluding carboxylic acids is 3. The minimum absolute atomic E-state index is 0.00686. The molecule has 10 heteroatoms. The number of carboxylic acids is 1. The third kappa shape index (κ3) is 9.83. The molecule has 38 heavy (non-hydrogen) atoms. The van der Waals surface area contributed by atoms with Gasteiger partial charge in [-0.15, -0.1) is 0 Å². The van der Waals surface area contributed by atoms with E-state index < -0.39 is 12.0 Å². The van der Waals surface area contributed by atoms with E-state index in [1.807, 2.05) is 60.7 Å². The van der Waals surface area contributed by atoms with E-state index in [9.17, 15) is 19.2 Å². The molecule has 1 aliphatic rings. The van der Waals surface area contributed by atoms with Crippen molar-refractivity contribution in [2.24, 2.45) is 0 Å². The second kappa shape index (κ2) is 15.1. The highest BCUT2D eigenvalue weighted by molar-refractivity contribution is 8.13. The zero-order valence-corrected chi connectivity index (χ0v) is 22.6. The summed E-state index contributed by atoms with van der Waals surface area (Å²) >= 11 is 1.17. The second-order valence-corrected chi connectivity index (χ2v) is 10.5. The number of hydrogen-bond donors (Lipinski definition) is 2. The maximum atomic E-state index is 13.6. The highest BCUT2D eigenvalue weighted by Crippen LogP contribution is 2.11. The Morgan fingerprint density at radius 3 is 2.11 bits per heavy atom. The summed E-state index contributed by atoms with van der Waals surface area (Å²) in [4.78, 5) is 54.7. The van der Waals surface area contributed by atoms with Gasteiger partial charge in [0.15, 0.2) is 5.12 Å². The molecule has 0 bridgehead atoms. The number of carbonyl (C=O) groups is 4. The minimum Gasteiger partial charge on any atom is -0.480 e. The third-order valence-electron chi connectivity index (χ3n) is 6.39. The maximum Gasteiger partial charge on any atom is 0.318 e. The Kier molecular flexibility index (Phi) is 11.6. The van der Waals surface area contributed by atoms with Crippen LogP contribution in [0.4, 0.5) is 4.79 Å². The van der Waals surface area contributed by atoms with Gasteiger partial charge in [0.25, 0.3) is 0 Å². The summed E-state index contributed by atoms with van der Waals surface area (Å²) in [6.07, 6.45) is 0.997. The van der Waals surface area contributed by atoms with Crippen molar-refractivity contribution in [2.45, 2.75) is 25.8 Å². The van der Waals surface area contributed by atoms with Crippen molar-refractivity contribution in [1.29, 1.82) is 0 Å². The molecular formula is C28H36N4O5S. The van der Waals surface area contributed by atoms with Crippen LogP contribution in [0.3, 0.4) is 0 Å². The van der Waals surface area contributed by atoms with Crippen molar-refractivity contribution < 1.29 is 24.3 Å². The molecule has 2 aromatic carbocycles. The number of urea groups is 1. The summed E-state index contributed by atoms with van der Waals surface area (Å²) < 4.78 is 0. The number of piperazine rings is 1. The second-order valence-electron chi connectivity index (χ2n) is 9.25. The average Bonchev–Trinajstić information content (AvgIpc) is 2.91. The highest BCUT2D eigenvalue weighted by Gasteiger charge is 2.30. The fraction of sp³-hybridized carbons (Fsp3) is 0.429. The number of aliphatic carboxylic acids is 1. The van der Waals surface area contributed by atoms with Crippen molar-refractivity contribution in [3.63, 3.8) is 0 Å². The molecule has 0 spiro atoms. The van der Waals surface area contributed by atoms with Crippen LogP contribution in [0.15, 0.2) is 60.7 Å². The molecule has 0 radical (unpaired) electrons. The summed E-state index contributed by atoms with van der Waals surface area (Å²) in [6, 6.07) is 18.3. The smallest absolute Gasteiger partial charge is 0.318 e. The topological polar surface area (TPSA) is 110 Å². The lowest BCUT2D eigenvalue weighted by Gasteiger charge is -2.36. The molecule has 0 aliphatic carbocycles. The normalized spacial score (nSPS) is 14.5. The molecule has 1 atom stereocenters. The molecule has 3 rings (SSSR count). The number of rotatable bonds is 12. The van der Waals surface area contributed by atoms with Gasteiger partial charge in [-0.1, -0.05) is 72.4 Å². The van der Waals surface area contributed by atoms with Gasteiger partial charge in [0.1, 0.15) is 6.04 Å². The molecule has 3 amide bonds. The Balaban J connectivity index is 1.70.